The second-order valence-electron chi connectivity index (χ2n) is 2.97. The Hall–Kier alpha value is -2.30. The van der Waals surface area contributed by atoms with Gasteiger partial charge in [-0.2, -0.15) is 5.26 Å². The van der Waals surface area contributed by atoms with E-state index in [1.807, 2.05) is 0 Å². The summed E-state index contributed by atoms with van der Waals surface area (Å²) in [6, 6.07) is 4.28. The Labute approximate surface area is 93.2 Å². The van der Waals surface area contributed by atoms with Crippen molar-refractivity contribution in [2.45, 2.75) is 12.8 Å². The molecule has 0 atom stereocenters. The van der Waals surface area contributed by atoms with Gasteiger partial charge in [0.2, 0.25) is 0 Å². The fourth-order valence-electron chi connectivity index (χ4n) is 1.13. The van der Waals surface area contributed by atoms with Crippen molar-refractivity contribution >= 4 is 5.69 Å². The zero-order chi connectivity index (χ0) is 13.1. The molecule has 0 saturated heterocycles. The molecule has 0 aliphatic carbocycles. The van der Waals surface area contributed by atoms with Crippen LogP contribution in [0.4, 0.5) is 18.9 Å². The second kappa shape index (κ2) is 4.69. The van der Waals surface area contributed by atoms with E-state index in [4.69, 9.17) is 5.26 Å². The van der Waals surface area contributed by atoms with Gasteiger partial charge in [-0.15, -0.1) is 13.2 Å². The standard InChI is InChI=1S/C9H5F3N2O3/c10-9(11,12)17-8-4-6(1-2-13)3-7(5-8)14(15)16/h3-5H,1H2. The van der Waals surface area contributed by atoms with Gasteiger partial charge >= 0.3 is 6.36 Å². The van der Waals surface area contributed by atoms with E-state index in [0.717, 1.165) is 12.1 Å². The number of hydrogen-bond donors (Lipinski definition) is 0. The molecule has 0 bridgehead atoms. The molecular weight excluding hydrogens is 241 g/mol. The molecule has 1 aromatic rings. The number of hydrogen-bond acceptors (Lipinski definition) is 4. The average Bonchev–Trinajstić information content (AvgIpc) is 2.14. The molecule has 0 fully saturated rings. The first-order valence-corrected chi connectivity index (χ1v) is 4.23. The summed E-state index contributed by atoms with van der Waals surface area (Å²) >= 11 is 0. The molecule has 0 heterocycles. The van der Waals surface area contributed by atoms with Crippen molar-refractivity contribution in [2.24, 2.45) is 0 Å². The molecule has 17 heavy (non-hydrogen) atoms. The Kier molecular flexibility index (Phi) is 3.52. The zero-order valence-electron chi connectivity index (χ0n) is 8.19. The molecule has 0 N–H and O–H groups in total. The Morgan fingerprint density at radius 1 is 1.41 bits per heavy atom. The van der Waals surface area contributed by atoms with Gasteiger partial charge < -0.3 is 4.74 Å². The van der Waals surface area contributed by atoms with Gasteiger partial charge in [0.05, 0.1) is 23.5 Å². The number of rotatable bonds is 3. The van der Waals surface area contributed by atoms with E-state index < -0.39 is 22.7 Å². The quantitative estimate of drug-likeness (QED) is 0.606. The van der Waals surface area contributed by atoms with Crippen LogP contribution in [-0.4, -0.2) is 11.3 Å². The Morgan fingerprint density at radius 3 is 2.53 bits per heavy atom. The highest BCUT2D eigenvalue weighted by molar-refractivity contribution is 5.43. The minimum Gasteiger partial charge on any atom is -0.406 e. The van der Waals surface area contributed by atoms with Crippen LogP contribution in [-0.2, 0) is 6.42 Å². The second-order valence-corrected chi connectivity index (χ2v) is 2.97. The first kappa shape index (κ1) is 12.8. The van der Waals surface area contributed by atoms with E-state index in [1.165, 1.54) is 0 Å². The lowest BCUT2D eigenvalue weighted by Gasteiger charge is -2.09. The number of nitriles is 1. The van der Waals surface area contributed by atoms with Gasteiger partial charge in [-0.1, -0.05) is 0 Å². The van der Waals surface area contributed by atoms with Gasteiger partial charge in [-0.25, -0.2) is 0 Å². The van der Waals surface area contributed by atoms with E-state index in [0.29, 0.717) is 6.07 Å². The number of ether oxygens (including phenoxy) is 1. The number of nitro groups is 1. The van der Waals surface area contributed by atoms with Crippen molar-refractivity contribution in [3.05, 3.63) is 33.9 Å². The highest BCUT2D eigenvalue weighted by Crippen LogP contribution is 2.28. The number of non-ortho nitro benzene ring substituents is 1. The third-order valence-corrected chi connectivity index (χ3v) is 1.68. The molecule has 0 amide bonds. The van der Waals surface area contributed by atoms with Crippen molar-refractivity contribution in [3.63, 3.8) is 0 Å². The molecule has 1 rings (SSSR count). The monoisotopic (exact) mass is 246 g/mol. The molecule has 0 spiro atoms. The summed E-state index contributed by atoms with van der Waals surface area (Å²) in [5.41, 5.74) is -0.474. The van der Waals surface area contributed by atoms with Gasteiger partial charge in [0.15, 0.2) is 0 Å². The van der Waals surface area contributed by atoms with Crippen molar-refractivity contribution in [1.82, 2.24) is 0 Å². The fourth-order valence-corrected chi connectivity index (χ4v) is 1.13. The molecule has 0 aliphatic rings. The Bertz CT molecular complexity index is 479. The van der Waals surface area contributed by atoms with Crippen LogP contribution in [0.15, 0.2) is 18.2 Å². The summed E-state index contributed by atoms with van der Waals surface area (Å²) in [7, 11) is 0. The predicted molar refractivity (Wildman–Crippen MR) is 49.1 cm³/mol. The molecule has 8 heteroatoms. The molecule has 1 aromatic carbocycles. The highest BCUT2D eigenvalue weighted by atomic mass is 19.4. The van der Waals surface area contributed by atoms with Crippen molar-refractivity contribution < 1.29 is 22.8 Å². The van der Waals surface area contributed by atoms with Crippen molar-refractivity contribution in [1.29, 1.82) is 5.26 Å². The van der Waals surface area contributed by atoms with Crippen LogP contribution in [0.2, 0.25) is 0 Å². The minimum atomic E-state index is -4.93. The zero-order valence-corrected chi connectivity index (χ0v) is 8.19. The summed E-state index contributed by atoms with van der Waals surface area (Å²) in [6.45, 7) is 0. The van der Waals surface area contributed by atoms with E-state index in [-0.39, 0.29) is 12.0 Å². The minimum absolute atomic E-state index is 0.0842. The summed E-state index contributed by atoms with van der Waals surface area (Å²) in [5, 5.41) is 18.9. The Balaban J connectivity index is 3.13. The van der Waals surface area contributed by atoms with Crippen LogP contribution in [0.1, 0.15) is 5.56 Å². The molecule has 5 nitrogen and oxygen atoms in total. The SMILES string of the molecule is N#CCc1cc(OC(F)(F)F)cc([N+](=O)[O-])c1. The number of benzene rings is 1. The fraction of sp³-hybridized carbons (Fsp3) is 0.222. The first-order chi connectivity index (χ1) is 7.81. The molecule has 0 aliphatic heterocycles. The normalized spacial score (nSPS) is 10.7. The van der Waals surface area contributed by atoms with Crippen LogP contribution in [0.3, 0.4) is 0 Å². The van der Waals surface area contributed by atoms with E-state index >= 15 is 0 Å². The van der Waals surface area contributed by atoms with Crippen LogP contribution in [0.5, 0.6) is 5.75 Å². The van der Waals surface area contributed by atoms with Gasteiger partial charge in [0.25, 0.3) is 5.69 Å². The maximum atomic E-state index is 11.9. The third kappa shape index (κ3) is 3.98. The van der Waals surface area contributed by atoms with E-state index in [2.05, 4.69) is 4.74 Å². The van der Waals surface area contributed by atoms with Crippen LogP contribution < -0.4 is 4.74 Å². The molecule has 90 valence electrons. The predicted octanol–water partition coefficient (Wildman–Crippen LogP) is 2.56. The number of nitro benzene ring substituents is 1. The van der Waals surface area contributed by atoms with Gasteiger partial charge in [0.1, 0.15) is 5.75 Å². The van der Waals surface area contributed by atoms with E-state index in [1.54, 1.807) is 6.07 Å². The van der Waals surface area contributed by atoms with Gasteiger partial charge in [0, 0.05) is 6.07 Å². The molecule has 0 unspecified atom stereocenters. The lowest BCUT2D eigenvalue weighted by Crippen LogP contribution is -2.17. The maximum absolute atomic E-state index is 11.9. The number of halogens is 3. The number of nitrogens with zero attached hydrogens (tertiary/aromatic N) is 2. The molecule has 0 radical (unpaired) electrons. The largest absolute Gasteiger partial charge is 0.573 e. The number of alkyl halides is 3. The highest BCUT2D eigenvalue weighted by Gasteiger charge is 2.31. The third-order valence-electron chi connectivity index (χ3n) is 1.68. The smallest absolute Gasteiger partial charge is 0.406 e. The van der Waals surface area contributed by atoms with Crippen molar-refractivity contribution in [2.75, 3.05) is 0 Å². The summed E-state index contributed by atoms with van der Waals surface area (Å²) in [4.78, 5) is 9.60. The topological polar surface area (TPSA) is 76.2 Å². The van der Waals surface area contributed by atoms with Gasteiger partial charge in [-0.3, -0.25) is 10.1 Å². The summed E-state index contributed by atoms with van der Waals surface area (Å²) < 4.78 is 39.4. The molecule has 0 saturated carbocycles. The maximum Gasteiger partial charge on any atom is 0.573 e. The first-order valence-electron chi connectivity index (χ1n) is 4.23. The van der Waals surface area contributed by atoms with Crippen LogP contribution in [0, 0.1) is 21.4 Å². The summed E-state index contributed by atoms with van der Waals surface area (Å²) in [6.07, 6.45) is -5.17. The van der Waals surface area contributed by atoms with Gasteiger partial charge in [-0.05, 0) is 11.6 Å². The van der Waals surface area contributed by atoms with Crippen LogP contribution >= 0.6 is 0 Å². The lowest BCUT2D eigenvalue weighted by atomic mass is 10.1. The van der Waals surface area contributed by atoms with Crippen molar-refractivity contribution in [3.8, 4) is 11.8 Å². The molecule has 0 aromatic heterocycles. The van der Waals surface area contributed by atoms with E-state index in [9.17, 15) is 23.3 Å². The molecular formula is C9H5F3N2O3. The van der Waals surface area contributed by atoms with Crippen LogP contribution in [0.25, 0.3) is 0 Å². The lowest BCUT2D eigenvalue weighted by molar-refractivity contribution is -0.385. The average molecular weight is 246 g/mol. The summed E-state index contributed by atoms with van der Waals surface area (Å²) in [5.74, 6) is -0.711. The Morgan fingerprint density at radius 2 is 2.06 bits per heavy atom.